The van der Waals surface area contributed by atoms with E-state index in [1.54, 1.807) is 24.3 Å². The van der Waals surface area contributed by atoms with E-state index in [4.69, 9.17) is 4.42 Å². The topological polar surface area (TPSA) is 73.6 Å². The fraction of sp³-hybridized carbons (Fsp3) is 0.0625. The molecule has 0 aliphatic carbocycles. The predicted molar refractivity (Wildman–Crippen MR) is 91.2 cm³/mol. The van der Waals surface area contributed by atoms with E-state index in [-0.39, 0.29) is 16.5 Å². The lowest BCUT2D eigenvalue weighted by Gasteiger charge is -2.10. The van der Waals surface area contributed by atoms with Gasteiger partial charge in [0.15, 0.2) is 5.43 Å². The van der Waals surface area contributed by atoms with Crippen molar-refractivity contribution in [3.63, 3.8) is 0 Å². The van der Waals surface area contributed by atoms with Gasteiger partial charge in [-0.25, -0.2) is 0 Å². The summed E-state index contributed by atoms with van der Waals surface area (Å²) in [6, 6.07) is 9.85. The molecule has 1 aromatic heterocycles. The molecule has 0 radical (unpaired) electrons. The molecular weight excluding hydrogens is 441 g/mol. The number of alkyl halides is 3. The van der Waals surface area contributed by atoms with Crippen molar-refractivity contribution in [3.05, 3.63) is 63.4 Å². The van der Waals surface area contributed by atoms with Crippen LogP contribution in [-0.2, 0) is 10.1 Å². The van der Waals surface area contributed by atoms with Crippen LogP contribution in [0.3, 0.4) is 0 Å². The van der Waals surface area contributed by atoms with E-state index < -0.39 is 26.8 Å². The largest absolute Gasteiger partial charge is 0.534 e. The molecule has 0 saturated heterocycles. The average Bonchev–Trinajstić information content (AvgIpc) is 2.55. The molecule has 3 rings (SSSR count). The minimum absolute atomic E-state index is 0.0715. The van der Waals surface area contributed by atoms with Gasteiger partial charge in [-0.05, 0) is 29.8 Å². The van der Waals surface area contributed by atoms with Crippen LogP contribution >= 0.6 is 15.9 Å². The summed E-state index contributed by atoms with van der Waals surface area (Å²) < 4.78 is 69.3. The van der Waals surface area contributed by atoms with Gasteiger partial charge in [-0.2, -0.15) is 21.6 Å². The quantitative estimate of drug-likeness (QED) is 0.437. The van der Waals surface area contributed by atoms with Gasteiger partial charge in [0.05, 0.1) is 10.9 Å². The lowest BCUT2D eigenvalue weighted by molar-refractivity contribution is -0.0500. The molecule has 0 saturated carbocycles. The first-order valence-corrected chi connectivity index (χ1v) is 9.11. The third kappa shape index (κ3) is 3.47. The number of hydrogen-bond acceptors (Lipinski definition) is 5. The summed E-state index contributed by atoms with van der Waals surface area (Å²) in [5.41, 5.74) is -5.25. The van der Waals surface area contributed by atoms with Crippen molar-refractivity contribution in [2.75, 3.05) is 0 Å². The van der Waals surface area contributed by atoms with E-state index in [1.807, 2.05) is 0 Å². The molecule has 0 atom stereocenters. The average molecular weight is 449 g/mol. The molecule has 0 amide bonds. The number of fused-ring (bicyclic) bond motifs is 1. The molecule has 0 aliphatic rings. The van der Waals surface area contributed by atoms with Gasteiger partial charge < -0.3 is 8.60 Å². The number of benzene rings is 2. The van der Waals surface area contributed by atoms with Crippen LogP contribution in [0.1, 0.15) is 0 Å². The molecule has 1 heterocycles. The molecule has 2 aromatic carbocycles. The Morgan fingerprint density at radius 3 is 2.31 bits per heavy atom. The molecule has 10 heteroatoms. The van der Waals surface area contributed by atoms with Gasteiger partial charge in [0.25, 0.3) is 0 Å². The van der Waals surface area contributed by atoms with Crippen LogP contribution in [0.2, 0.25) is 0 Å². The Morgan fingerprint density at radius 2 is 1.69 bits per heavy atom. The Labute approximate surface area is 153 Å². The van der Waals surface area contributed by atoms with Crippen LogP contribution in [0.4, 0.5) is 13.2 Å². The van der Waals surface area contributed by atoms with Crippen LogP contribution in [-0.4, -0.2) is 13.9 Å². The number of halogens is 4. The van der Waals surface area contributed by atoms with Crippen molar-refractivity contribution >= 4 is 37.0 Å². The maximum absolute atomic E-state index is 12.6. The summed E-state index contributed by atoms with van der Waals surface area (Å²) >= 11 is 3.28. The fourth-order valence-corrected chi connectivity index (χ4v) is 2.88. The maximum Gasteiger partial charge on any atom is 0.534 e. The molecule has 0 N–H and O–H groups in total. The van der Waals surface area contributed by atoms with E-state index in [2.05, 4.69) is 20.1 Å². The third-order valence-corrected chi connectivity index (χ3v) is 4.90. The Kier molecular flexibility index (Phi) is 4.57. The van der Waals surface area contributed by atoms with E-state index in [1.165, 1.54) is 0 Å². The second-order valence-corrected chi connectivity index (χ2v) is 7.58. The van der Waals surface area contributed by atoms with Gasteiger partial charge in [-0.3, -0.25) is 4.79 Å². The van der Waals surface area contributed by atoms with Gasteiger partial charge in [0, 0.05) is 10.5 Å². The molecule has 0 spiro atoms. The second-order valence-electron chi connectivity index (χ2n) is 5.13. The normalized spacial score (nSPS) is 12.3. The minimum atomic E-state index is -5.81. The lowest BCUT2D eigenvalue weighted by Crippen LogP contribution is -2.28. The first-order chi connectivity index (χ1) is 12.1. The molecule has 3 aromatic rings. The highest BCUT2D eigenvalue weighted by molar-refractivity contribution is 9.10. The standard InChI is InChI=1S/C16H8BrF3O5S/c17-10-3-1-9(2-4-10)13-8-24-14-7-11(5-6-12(14)15(13)21)25-26(22,23)16(18,19)20/h1-8H. The van der Waals surface area contributed by atoms with Crippen molar-refractivity contribution in [1.82, 2.24) is 0 Å². The van der Waals surface area contributed by atoms with Gasteiger partial charge >= 0.3 is 15.6 Å². The van der Waals surface area contributed by atoms with Crippen LogP contribution in [0.15, 0.2) is 62.4 Å². The molecule has 0 fully saturated rings. The van der Waals surface area contributed by atoms with Gasteiger partial charge in [-0.15, -0.1) is 0 Å². The van der Waals surface area contributed by atoms with Gasteiger partial charge in [0.2, 0.25) is 0 Å². The zero-order chi connectivity index (χ0) is 19.1. The fourth-order valence-electron chi connectivity index (χ4n) is 2.16. The van der Waals surface area contributed by atoms with Crippen LogP contribution < -0.4 is 9.61 Å². The minimum Gasteiger partial charge on any atom is -0.463 e. The Hall–Kier alpha value is -2.33. The van der Waals surface area contributed by atoms with Crippen molar-refractivity contribution in [2.24, 2.45) is 0 Å². The summed E-state index contributed by atoms with van der Waals surface area (Å²) in [4.78, 5) is 12.6. The zero-order valence-corrected chi connectivity index (χ0v) is 15.0. The SMILES string of the molecule is O=c1c(-c2ccc(Br)cc2)coc2cc(OS(=O)(=O)C(F)(F)F)ccc12. The lowest BCUT2D eigenvalue weighted by atomic mass is 10.1. The summed E-state index contributed by atoms with van der Waals surface area (Å²) in [6.07, 6.45) is 1.15. The van der Waals surface area contributed by atoms with Crippen LogP contribution in [0, 0.1) is 0 Å². The zero-order valence-electron chi connectivity index (χ0n) is 12.6. The first kappa shape index (κ1) is 18.5. The van der Waals surface area contributed by atoms with Gasteiger partial charge in [-0.1, -0.05) is 28.1 Å². The van der Waals surface area contributed by atoms with Crippen LogP contribution in [0.25, 0.3) is 22.1 Å². The molecule has 0 bridgehead atoms. The van der Waals surface area contributed by atoms with Crippen molar-refractivity contribution < 1.29 is 30.2 Å². The van der Waals surface area contributed by atoms with Crippen LogP contribution in [0.5, 0.6) is 5.75 Å². The third-order valence-electron chi connectivity index (χ3n) is 3.39. The highest BCUT2D eigenvalue weighted by Crippen LogP contribution is 2.29. The summed E-state index contributed by atoms with van der Waals surface area (Å²) in [7, 11) is -5.81. The van der Waals surface area contributed by atoms with E-state index >= 15 is 0 Å². The molecule has 26 heavy (non-hydrogen) atoms. The van der Waals surface area contributed by atoms with E-state index in [9.17, 15) is 26.4 Å². The van der Waals surface area contributed by atoms with E-state index in [0.717, 1.165) is 28.9 Å². The number of hydrogen-bond donors (Lipinski definition) is 0. The highest BCUT2D eigenvalue weighted by atomic mass is 79.9. The van der Waals surface area contributed by atoms with Crippen molar-refractivity contribution in [3.8, 4) is 16.9 Å². The predicted octanol–water partition coefficient (Wildman–Crippen LogP) is 4.45. The molecule has 5 nitrogen and oxygen atoms in total. The summed E-state index contributed by atoms with van der Waals surface area (Å²) in [6.45, 7) is 0. The van der Waals surface area contributed by atoms with Gasteiger partial charge in [0.1, 0.15) is 17.6 Å². The molecule has 136 valence electrons. The Morgan fingerprint density at radius 1 is 1.04 bits per heavy atom. The van der Waals surface area contributed by atoms with E-state index in [0.29, 0.717) is 5.56 Å². The monoisotopic (exact) mass is 448 g/mol. The highest BCUT2D eigenvalue weighted by Gasteiger charge is 2.48. The molecular formula is C16H8BrF3O5S. The molecule has 0 aliphatic heterocycles. The first-order valence-electron chi connectivity index (χ1n) is 6.91. The van der Waals surface area contributed by atoms with Crippen molar-refractivity contribution in [1.29, 1.82) is 0 Å². The smallest absolute Gasteiger partial charge is 0.463 e. The molecule has 0 unspecified atom stereocenters. The van der Waals surface area contributed by atoms with Crippen molar-refractivity contribution in [2.45, 2.75) is 5.51 Å². The number of rotatable bonds is 3. The maximum atomic E-state index is 12.6. The summed E-state index contributed by atoms with van der Waals surface area (Å²) in [5, 5.41) is 0.0715. The second kappa shape index (κ2) is 6.44. The summed E-state index contributed by atoms with van der Waals surface area (Å²) in [5.74, 6) is -0.616. The Balaban J connectivity index is 2.04. The Bertz CT molecular complexity index is 1140.